The molecule has 1 saturated heterocycles. The van der Waals surface area contributed by atoms with Crippen molar-refractivity contribution in [3.63, 3.8) is 0 Å². The molecule has 0 bridgehead atoms. The normalized spacial score (nSPS) is 18.6. The summed E-state index contributed by atoms with van der Waals surface area (Å²) in [6.07, 6.45) is 3.27. The number of amides is 1. The Kier molecular flexibility index (Phi) is 4.52. The van der Waals surface area contributed by atoms with Crippen molar-refractivity contribution >= 4 is 11.6 Å². The minimum Gasteiger partial charge on any atom is -0.478 e. The average molecular weight is 249 g/mol. The molecule has 0 aromatic carbocycles. The molecule has 18 heavy (non-hydrogen) atoms. The number of anilines is 1. The third-order valence-corrected chi connectivity index (χ3v) is 2.95. The number of rotatable bonds is 5. The van der Waals surface area contributed by atoms with E-state index >= 15 is 0 Å². The molecule has 2 heterocycles. The molecular formula is C13H19N3O2. The van der Waals surface area contributed by atoms with Crippen LogP contribution in [0.4, 0.5) is 5.69 Å². The Balaban J connectivity index is 1.82. The number of carbonyl (C=O) groups excluding carboxylic acids is 1. The highest BCUT2D eigenvalue weighted by Crippen LogP contribution is 2.15. The Morgan fingerprint density at radius 1 is 1.61 bits per heavy atom. The van der Waals surface area contributed by atoms with E-state index in [1.165, 1.54) is 0 Å². The lowest BCUT2D eigenvalue weighted by atomic mass is 10.0. The predicted molar refractivity (Wildman–Crippen MR) is 69.6 cm³/mol. The van der Waals surface area contributed by atoms with Gasteiger partial charge < -0.3 is 15.4 Å². The maximum absolute atomic E-state index is 11.8. The summed E-state index contributed by atoms with van der Waals surface area (Å²) in [5.74, 6) is 1.09. The highest BCUT2D eigenvalue weighted by atomic mass is 16.5. The minimum absolute atomic E-state index is 0.0506. The van der Waals surface area contributed by atoms with Crippen LogP contribution >= 0.6 is 0 Å². The number of pyridine rings is 1. The van der Waals surface area contributed by atoms with Crippen LogP contribution < -0.4 is 15.4 Å². The summed E-state index contributed by atoms with van der Waals surface area (Å²) in [7, 11) is 0. The van der Waals surface area contributed by atoms with Crippen LogP contribution in [0.25, 0.3) is 0 Å². The molecule has 1 atom stereocenters. The van der Waals surface area contributed by atoms with Crippen molar-refractivity contribution in [2.75, 3.05) is 25.0 Å². The second-order valence-corrected chi connectivity index (χ2v) is 4.43. The van der Waals surface area contributed by atoms with Gasteiger partial charge in [-0.2, -0.15) is 0 Å². The van der Waals surface area contributed by atoms with Crippen LogP contribution in [0.15, 0.2) is 18.3 Å². The van der Waals surface area contributed by atoms with Crippen molar-refractivity contribution in [3.05, 3.63) is 18.3 Å². The van der Waals surface area contributed by atoms with E-state index in [4.69, 9.17) is 4.74 Å². The zero-order valence-electron chi connectivity index (χ0n) is 10.6. The molecule has 0 saturated carbocycles. The summed E-state index contributed by atoms with van der Waals surface area (Å²) in [5, 5.41) is 6.11. The second-order valence-electron chi connectivity index (χ2n) is 4.43. The molecule has 1 aliphatic heterocycles. The van der Waals surface area contributed by atoms with Gasteiger partial charge in [-0.25, -0.2) is 4.98 Å². The Morgan fingerprint density at radius 2 is 2.50 bits per heavy atom. The lowest BCUT2D eigenvalue weighted by molar-refractivity contribution is -0.116. The summed E-state index contributed by atoms with van der Waals surface area (Å²) >= 11 is 0. The van der Waals surface area contributed by atoms with Crippen LogP contribution in [-0.2, 0) is 4.79 Å². The number of hydrogen-bond acceptors (Lipinski definition) is 4. The van der Waals surface area contributed by atoms with Gasteiger partial charge in [-0.15, -0.1) is 0 Å². The van der Waals surface area contributed by atoms with E-state index < -0.39 is 0 Å². The van der Waals surface area contributed by atoms with E-state index in [0.717, 1.165) is 25.2 Å². The van der Waals surface area contributed by atoms with Gasteiger partial charge in [0.25, 0.3) is 0 Å². The summed E-state index contributed by atoms with van der Waals surface area (Å²) < 4.78 is 5.24. The molecule has 98 valence electrons. The van der Waals surface area contributed by atoms with E-state index in [9.17, 15) is 4.79 Å². The molecule has 0 radical (unpaired) electrons. The largest absolute Gasteiger partial charge is 0.478 e. The monoisotopic (exact) mass is 249 g/mol. The van der Waals surface area contributed by atoms with E-state index in [2.05, 4.69) is 15.6 Å². The maximum Gasteiger partial charge on any atom is 0.224 e. The van der Waals surface area contributed by atoms with E-state index in [0.29, 0.717) is 24.8 Å². The van der Waals surface area contributed by atoms with Crippen LogP contribution in [0, 0.1) is 5.92 Å². The highest BCUT2D eigenvalue weighted by molar-refractivity contribution is 5.90. The molecule has 1 aromatic heterocycles. The number of hydrogen-bond donors (Lipinski definition) is 2. The summed E-state index contributed by atoms with van der Waals surface area (Å²) in [5.41, 5.74) is 0.717. The highest BCUT2D eigenvalue weighted by Gasteiger charge is 2.17. The Hall–Kier alpha value is -1.62. The third-order valence-electron chi connectivity index (χ3n) is 2.95. The number of ether oxygens (including phenoxy) is 1. The van der Waals surface area contributed by atoms with Gasteiger partial charge in [-0.05, 0) is 38.4 Å². The fraction of sp³-hybridized carbons (Fsp3) is 0.538. The molecule has 1 aromatic rings. The van der Waals surface area contributed by atoms with Gasteiger partial charge in [-0.3, -0.25) is 4.79 Å². The van der Waals surface area contributed by atoms with Crippen molar-refractivity contribution in [3.8, 4) is 5.88 Å². The van der Waals surface area contributed by atoms with E-state index in [1.807, 2.05) is 13.0 Å². The predicted octanol–water partition coefficient (Wildman–Crippen LogP) is 1.42. The van der Waals surface area contributed by atoms with Gasteiger partial charge in [0.1, 0.15) is 0 Å². The molecule has 1 unspecified atom stereocenters. The molecule has 1 fully saturated rings. The maximum atomic E-state index is 11.8. The molecule has 1 aliphatic rings. The first kappa shape index (κ1) is 12.8. The second kappa shape index (κ2) is 6.35. The first-order valence-corrected chi connectivity index (χ1v) is 6.37. The van der Waals surface area contributed by atoms with Crippen LogP contribution in [0.5, 0.6) is 5.88 Å². The lowest BCUT2D eigenvalue weighted by Gasteiger charge is -2.09. The van der Waals surface area contributed by atoms with Crippen LogP contribution in [0.3, 0.4) is 0 Å². The SMILES string of the molecule is CCOc1ccc(NC(=O)CC2CCNC2)cn1. The molecule has 0 spiro atoms. The molecule has 5 nitrogen and oxygen atoms in total. The van der Waals surface area contributed by atoms with Gasteiger partial charge in [-0.1, -0.05) is 0 Å². The molecule has 5 heteroatoms. The standard InChI is InChI=1S/C13H19N3O2/c1-2-18-13-4-3-11(9-15-13)16-12(17)7-10-5-6-14-8-10/h3-4,9-10,14H,2,5-8H2,1H3,(H,16,17). The first-order chi connectivity index (χ1) is 8.78. The van der Waals surface area contributed by atoms with Crippen LogP contribution in [0.2, 0.25) is 0 Å². The fourth-order valence-corrected chi connectivity index (χ4v) is 2.05. The van der Waals surface area contributed by atoms with Crippen molar-refractivity contribution in [2.24, 2.45) is 5.92 Å². The van der Waals surface area contributed by atoms with E-state index in [1.54, 1.807) is 12.3 Å². The van der Waals surface area contributed by atoms with Crippen molar-refractivity contribution in [1.29, 1.82) is 0 Å². The first-order valence-electron chi connectivity index (χ1n) is 6.37. The van der Waals surface area contributed by atoms with Gasteiger partial charge in [0.2, 0.25) is 11.8 Å². The third kappa shape index (κ3) is 3.70. The van der Waals surface area contributed by atoms with Gasteiger partial charge in [0.05, 0.1) is 18.5 Å². The van der Waals surface area contributed by atoms with Crippen molar-refractivity contribution < 1.29 is 9.53 Å². The topological polar surface area (TPSA) is 63.2 Å². The number of carbonyl (C=O) groups is 1. The van der Waals surface area contributed by atoms with Gasteiger partial charge >= 0.3 is 0 Å². The number of nitrogens with one attached hydrogen (secondary N) is 2. The van der Waals surface area contributed by atoms with Crippen molar-refractivity contribution in [2.45, 2.75) is 19.8 Å². The summed E-state index contributed by atoms with van der Waals surface area (Å²) in [6.45, 7) is 4.46. The quantitative estimate of drug-likeness (QED) is 0.828. The summed E-state index contributed by atoms with van der Waals surface area (Å²) in [6, 6.07) is 3.57. The smallest absolute Gasteiger partial charge is 0.224 e. The minimum atomic E-state index is 0.0506. The Bertz CT molecular complexity index is 386. The zero-order valence-corrected chi connectivity index (χ0v) is 10.6. The molecule has 2 rings (SSSR count). The fourth-order valence-electron chi connectivity index (χ4n) is 2.05. The zero-order chi connectivity index (χ0) is 12.8. The molecule has 2 N–H and O–H groups in total. The van der Waals surface area contributed by atoms with Crippen LogP contribution in [0.1, 0.15) is 19.8 Å². The Labute approximate surface area is 107 Å². The van der Waals surface area contributed by atoms with Gasteiger partial charge in [0, 0.05) is 12.5 Å². The molecule has 1 amide bonds. The summed E-state index contributed by atoms with van der Waals surface area (Å²) in [4.78, 5) is 15.9. The average Bonchev–Trinajstić information content (AvgIpc) is 2.84. The van der Waals surface area contributed by atoms with Crippen molar-refractivity contribution in [1.82, 2.24) is 10.3 Å². The molecule has 0 aliphatic carbocycles. The number of aromatic nitrogens is 1. The van der Waals surface area contributed by atoms with E-state index in [-0.39, 0.29) is 5.91 Å². The Morgan fingerprint density at radius 3 is 3.11 bits per heavy atom. The lowest BCUT2D eigenvalue weighted by Crippen LogP contribution is -2.18. The van der Waals surface area contributed by atoms with Gasteiger partial charge in [0.15, 0.2) is 0 Å². The van der Waals surface area contributed by atoms with Crippen LogP contribution in [-0.4, -0.2) is 30.6 Å². The molecular weight excluding hydrogens is 230 g/mol. The number of nitrogens with zero attached hydrogens (tertiary/aromatic N) is 1.